The topological polar surface area (TPSA) is 62.3 Å². The summed E-state index contributed by atoms with van der Waals surface area (Å²) in [5.41, 5.74) is 2.91. The molecule has 1 aromatic carbocycles. The maximum Gasteiger partial charge on any atom is 0.269 e. The molecule has 1 aliphatic rings. The highest BCUT2D eigenvalue weighted by Crippen LogP contribution is 2.28. The Labute approximate surface area is 148 Å². The normalized spacial score (nSPS) is 12.8. The number of aromatic nitrogens is 1. The van der Waals surface area contributed by atoms with Crippen LogP contribution in [-0.2, 0) is 6.42 Å². The van der Waals surface area contributed by atoms with E-state index >= 15 is 0 Å². The van der Waals surface area contributed by atoms with E-state index in [9.17, 15) is 9.59 Å². The molecule has 1 aliphatic heterocycles. The third kappa shape index (κ3) is 3.87. The van der Waals surface area contributed by atoms with Crippen molar-refractivity contribution in [2.45, 2.75) is 32.6 Å². The van der Waals surface area contributed by atoms with Crippen LogP contribution < -0.4 is 10.2 Å². The smallest absolute Gasteiger partial charge is 0.269 e. The van der Waals surface area contributed by atoms with Crippen LogP contribution in [0, 0.1) is 0 Å². The summed E-state index contributed by atoms with van der Waals surface area (Å²) in [6.45, 7) is 3.42. The molecule has 5 heteroatoms. The van der Waals surface area contributed by atoms with Crippen LogP contribution in [0.3, 0.4) is 0 Å². The Balaban J connectivity index is 1.71. The number of amides is 2. The van der Waals surface area contributed by atoms with Gasteiger partial charge in [0.1, 0.15) is 5.69 Å². The van der Waals surface area contributed by atoms with E-state index in [-0.39, 0.29) is 17.5 Å². The minimum absolute atomic E-state index is 0.0904. The number of benzene rings is 1. The summed E-state index contributed by atoms with van der Waals surface area (Å²) in [5, 5.41) is 2.86. The molecule has 0 unspecified atom stereocenters. The quantitative estimate of drug-likeness (QED) is 0.823. The van der Waals surface area contributed by atoms with Gasteiger partial charge in [0.2, 0.25) is 0 Å². The monoisotopic (exact) mass is 337 g/mol. The number of unbranched alkanes of at least 4 members (excludes halogenated alkanes) is 2. The molecule has 3 rings (SSSR count). The molecule has 0 spiro atoms. The van der Waals surface area contributed by atoms with E-state index in [1.807, 2.05) is 24.3 Å². The maximum absolute atomic E-state index is 12.9. The average molecular weight is 337 g/mol. The molecule has 2 aromatic rings. The largest absolute Gasteiger partial charge is 0.351 e. The number of nitrogens with zero attached hydrogens (tertiary/aromatic N) is 2. The summed E-state index contributed by atoms with van der Waals surface area (Å²) in [5.74, 6) is -0.319. The Morgan fingerprint density at radius 3 is 2.88 bits per heavy atom. The summed E-state index contributed by atoms with van der Waals surface area (Å²) in [6, 6.07) is 11.2. The molecule has 2 heterocycles. The van der Waals surface area contributed by atoms with E-state index in [0.29, 0.717) is 18.7 Å². The van der Waals surface area contributed by atoms with Gasteiger partial charge in [-0.15, -0.1) is 0 Å². The number of hydrogen-bond acceptors (Lipinski definition) is 3. The molecule has 5 nitrogen and oxygen atoms in total. The Kier molecular flexibility index (Phi) is 5.43. The SMILES string of the molecule is CCCCCNC(=O)c1cc(C(=O)N2CCc3ccccc32)ccn1. The minimum Gasteiger partial charge on any atom is -0.351 e. The number of pyridine rings is 1. The molecule has 0 radical (unpaired) electrons. The van der Waals surface area contributed by atoms with Crippen LogP contribution in [0.5, 0.6) is 0 Å². The second-order valence-electron chi connectivity index (χ2n) is 6.23. The number of carbonyl (C=O) groups is 2. The fraction of sp³-hybridized carbons (Fsp3) is 0.350. The van der Waals surface area contributed by atoms with Gasteiger partial charge in [-0.05, 0) is 36.6 Å². The van der Waals surface area contributed by atoms with E-state index in [2.05, 4.69) is 17.2 Å². The molecule has 0 atom stereocenters. The van der Waals surface area contributed by atoms with Crippen molar-refractivity contribution in [1.29, 1.82) is 0 Å². The van der Waals surface area contributed by atoms with Crippen LogP contribution in [0.15, 0.2) is 42.6 Å². The Morgan fingerprint density at radius 1 is 1.20 bits per heavy atom. The van der Waals surface area contributed by atoms with Crippen LogP contribution in [0.4, 0.5) is 5.69 Å². The summed E-state index contributed by atoms with van der Waals surface area (Å²) in [6.07, 6.45) is 5.52. The van der Waals surface area contributed by atoms with Crippen LogP contribution in [0.25, 0.3) is 0 Å². The summed E-state index contributed by atoms with van der Waals surface area (Å²) in [7, 11) is 0. The molecule has 1 aromatic heterocycles. The van der Waals surface area contributed by atoms with Gasteiger partial charge < -0.3 is 10.2 Å². The molecule has 0 saturated carbocycles. The lowest BCUT2D eigenvalue weighted by molar-refractivity contribution is 0.0948. The zero-order valence-corrected chi connectivity index (χ0v) is 14.5. The lowest BCUT2D eigenvalue weighted by Crippen LogP contribution is -2.30. The van der Waals surface area contributed by atoms with Gasteiger partial charge in [0.25, 0.3) is 11.8 Å². The zero-order valence-electron chi connectivity index (χ0n) is 14.5. The number of para-hydroxylation sites is 1. The molecule has 2 amide bonds. The number of rotatable bonds is 6. The van der Waals surface area contributed by atoms with Crippen molar-refractivity contribution in [2.75, 3.05) is 18.0 Å². The van der Waals surface area contributed by atoms with Crippen LogP contribution in [-0.4, -0.2) is 29.9 Å². The number of hydrogen-bond donors (Lipinski definition) is 1. The summed E-state index contributed by atoms with van der Waals surface area (Å²) < 4.78 is 0. The fourth-order valence-electron chi connectivity index (χ4n) is 3.06. The van der Waals surface area contributed by atoms with Crippen molar-refractivity contribution in [2.24, 2.45) is 0 Å². The van der Waals surface area contributed by atoms with Gasteiger partial charge in [-0.2, -0.15) is 0 Å². The van der Waals surface area contributed by atoms with Gasteiger partial charge in [0.05, 0.1) is 0 Å². The van der Waals surface area contributed by atoms with E-state index in [0.717, 1.165) is 31.4 Å². The van der Waals surface area contributed by atoms with Gasteiger partial charge in [-0.1, -0.05) is 38.0 Å². The molecule has 25 heavy (non-hydrogen) atoms. The van der Waals surface area contributed by atoms with E-state index in [1.54, 1.807) is 17.0 Å². The van der Waals surface area contributed by atoms with Crippen LogP contribution in [0.1, 0.15) is 52.6 Å². The third-order valence-electron chi connectivity index (χ3n) is 4.44. The molecular formula is C20H23N3O2. The molecular weight excluding hydrogens is 314 g/mol. The van der Waals surface area contributed by atoms with Gasteiger partial charge >= 0.3 is 0 Å². The Morgan fingerprint density at radius 2 is 2.04 bits per heavy atom. The van der Waals surface area contributed by atoms with Gasteiger partial charge in [0, 0.05) is 30.5 Å². The van der Waals surface area contributed by atoms with Gasteiger partial charge in [0.15, 0.2) is 0 Å². The lowest BCUT2D eigenvalue weighted by Gasteiger charge is -2.17. The molecule has 0 bridgehead atoms. The first-order valence-corrected chi connectivity index (χ1v) is 8.84. The predicted molar refractivity (Wildman–Crippen MR) is 97.9 cm³/mol. The second kappa shape index (κ2) is 7.92. The van der Waals surface area contributed by atoms with Crippen molar-refractivity contribution in [3.63, 3.8) is 0 Å². The first-order valence-electron chi connectivity index (χ1n) is 8.84. The number of fused-ring (bicyclic) bond motifs is 1. The average Bonchev–Trinajstić information content (AvgIpc) is 3.08. The summed E-state index contributed by atoms with van der Waals surface area (Å²) >= 11 is 0. The highest BCUT2D eigenvalue weighted by molar-refractivity contribution is 6.08. The minimum atomic E-state index is -0.229. The lowest BCUT2D eigenvalue weighted by atomic mass is 10.1. The van der Waals surface area contributed by atoms with Crippen molar-refractivity contribution >= 4 is 17.5 Å². The molecule has 0 aliphatic carbocycles. The van der Waals surface area contributed by atoms with E-state index in [1.165, 1.54) is 11.8 Å². The highest BCUT2D eigenvalue weighted by atomic mass is 16.2. The molecule has 1 N–H and O–H groups in total. The third-order valence-corrected chi connectivity index (χ3v) is 4.44. The fourth-order valence-corrected chi connectivity index (χ4v) is 3.06. The Bertz CT molecular complexity index is 773. The van der Waals surface area contributed by atoms with Crippen molar-refractivity contribution in [3.05, 3.63) is 59.4 Å². The number of nitrogens with one attached hydrogen (secondary N) is 1. The van der Waals surface area contributed by atoms with E-state index in [4.69, 9.17) is 0 Å². The maximum atomic E-state index is 12.9. The van der Waals surface area contributed by atoms with Crippen molar-refractivity contribution in [1.82, 2.24) is 10.3 Å². The first kappa shape index (κ1) is 17.1. The highest BCUT2D eigenvalue weighted by Gasteiger charge is 2.25. The number of carbonyl (C=O) groups excluding carboxylic acids is 2. The first-order chi connectivity index (χ1) is 12.2. The van der Waals surface area contributed by atoms with Crippen LogP contribution in [0.2, 0.25) is 0 Å². The molecule has 0 saturated heterocycles. The summed E-state index contributed by atoms with van der Waals surface area (Å²) in [4.78, 5) is 30.9. The van der Waals surface area contributed by atoms with Crippen molar-refractivity contribution < 1.29 is 9.59 Å². The second-order valence-corrected chi connectivity index (χ2v) is 6.23. The van der Waals surface area contributed by atoms with Gasteiger partial charge in [-0.25, -0.2) is 0 Å². The van der Waals surface area contributed by atoms with Crippen LogP contribution >= 0.6 is 0 Å². The van der Waals surface area contributed by atoms with Crippen molar-refractivity contribution in [3.8, 4) is 0 Å². The number of anilines is 1. The zero-order chi connectivity index (χ0) is 17.6. The van der Waals surface area contributed by atoms with Gasteiger partial charge in [-0.3, -0.25) is 14.6 Å². The molecule has 130 valence electrons. The predicted octanol–water partition coefficient (Wildman–Crippen LogP) is 3.20. The Hall–Kier alpha value is -2.69. The standard InChI is InChI=1S/C20H23N3O2/c1-2-3-6-11-22-19(24)17-14-16(9-12-21-17)20(25)23-13-10-15-7-4-5-8-18(15)23/h4-5,7-9,12,14H,2-3,6,10-11,13H2,1H3,(H,22,24). The van der Waals surface area contributed by atoms with E-state index < -0.39 is 0 Å². The molecule has 0 fully saturated rings.